The molecular formula is C14H21NO2. The summed E-state index contributed by atoms with van der Waals surface area (Å²) in [6.07, 6.45) is 0. The summed E-state index contributed by atoms with van der Waals surface area (Å²) in [7, 11) is 0. The number of carboxylic acids is 1. The Morgan fingerprint density at radius 2 is 2.06 bits per heavy atom. The monoisotopic (exact) mass is 235 g/mol. The highest BCUT2D eigenvalue weighted by Crippen LogP contribution is 2.22. The molecule has 0 spiro atoms. The van der Waals surface area contributed by atoms with Crippen molar-refractivity contribution in [3.63, 3.8) is 0 Å². The van der Waals surface area contributed by atoms with E-state index >= 15 is 0 Å². The lowest BCUT2D eigenvalue weighted by Gasteiger charge is -2.27. The van der Waals surface area contributed by atoms with Crippen molar-refractivity contribution < 1.29 is 9.90 Å². The maximum absolute atomic E-state index is 10.9. The number of anilines is 1. The number of carboxylic acid groups (broad SMARTS) is 1. The minimum atomic E-state index is -0.869. The Balaban J connectivity index is 3.00. The lowest BCUT2D eigenvalue weighted by atomic mass is 10.1. The van der Waals surface area contributed by atoms with Gasteiger partial charge in [-0.15, -0.1) is 0 Å². The molecule has 0 radical (unpaired) electrons. The van der Waals surface area contributed by atoms with Crippen LogP contribution < -0.4 is 4.90 Å². The number of aryl methyl sites for hydroxylation is 1. The molecule has 0 bridgehead atoms. The third-order valence-electron chi connectivity index (χ3n) is 2.75. The SMILES string of the molecule is CCN(CC(C)C)c1ccc(C(=O)O)cc1C. The summed E-state index contributed by atoms with van der Waals surface area (Å²) >= 11 is 0. The van der Waals surface area contributed by atoms with Gasteiger partial charge in [0.25, 0.3) is 0 Å². The normalized spacial score (nSPS) is 10.6. The molecule has 94 valence electrons. The standard InChI is InChI=1S/C14H21NO2/c1-5-15(9-10(2)3)13-7-6-12(14(16)17)8-11(13)4/h6-8,10H,5,9H2,1-4H3,(H,16,17). The van der Waals surface area contributed by atoms with E-state index in [1.54, 1.807) is 12.1 Å². The third-order valence-corrected chi connectivity index (χ3v) is 2.75. The van der Waals surface area contributed by atoms with Gasteiger partial charge in [0.05, 0.1) is 5.56 Å². The van der Waals surface area contributed by atoms with Gasteiger partial charge in [0.15, 0.2) is 0 Å². The van der Waals surface area contributed by atoms with Gasteiger partial charge in [-0.2, -0.15) is 0 Å². The van der Waals surface area contributed by atoms with E-state index < -0.39 is 5.97 Å². The number of hydrogen-bond acceptors (Lipinski definition) is 2. The molecule has 1 rings (SSSR count). The van der Waals surface area contributed by atoms with E-state index in [1.807, 2.05) is 13.0 Å². The van der Waals surface area contributed by atoms with Crippen molar-refractivity contribution >= 4 is 11.7 Å². The fraction of sp³-hybridized carbons (Fsp3) is 0.500. The van der Waals surface area contributed by atoms with E-state index in [4.69, 9.17) is 5.11 Å². The Morgan fingerprint density at radius 1 is 1.41 bits per heavy atom. The summed E-state index contributed by atoms with van der Waals surface area (Å²) in [5.41, 5.74) is 2.51. The average Bonchev–Trinajstić information content (AvgIpc) is 2.25. The van der Waals surface area contributed by atoms with Crippen LogP contribution in [-0.2, 0) is 0 Å². The van der Waals surface area contributed by atoms with E-state index in [0.717, 1.165) is 24.3 Å². The Kier molecular flexibility index (Phi) is 4.55. The van der Waals surface area contributed by atoms with Gasteiger partial charge in [-0.1, -0.05) is 13.8 Å². The Bertz CT molecular complexity index is 399. The van der Waals surface area contributed by atoms with Crippen LogP contribution in [0, 0.1) is 12.8 Å². The minimum absolute atomic E-state index is 0.354. The molecule has 3 nitrogen and oxygen atoms in total. The van der Waals surface area contributed by atoms with Crippen LogP contribution in [0.5, 0.6) is 0 Å². The van der Waals surface area contributed by atoms with E-state index in [0.29, 0.717) is 11.5 Å². The first kappa shape index (κ1) is 13.6. The van der Waals surface area contributed by atoms with E-state index in [2.05, 4.69) is 25.7 Å². The predicted molar refractivity (Wildman–Crippen MR) is 70.9 cm³/mol. The van der Waals surface area contributed by atoms with Crippen LogP contribution >= 0.6 is 0 Å². The molecule has 0 fully saturated rings. The van der Waals surface area contributed by atoms with Crippen molar-refractivity contribution in [1.29, 1.82) is 0 Å². The van der Waals surface area contributed by atoms with Crippen LogP contribution in [0.1, 0.15) is 36.7 Å². The van der Waals surface area contributed by atoms with Crippen molar-refractivity contribution in [3.05, 3.63) is 29.3 Å². The Morgan fingerprint density at radius 3 is 2.47 bits per heavy atom. The molecule has 3 heteroatoms. The van der Waals surface area contributed by atoms with Gasteiger partial charge in [-0.3, -0.25) is 0 Å². The lowest BCUT2D eigenvalue weighted by Crippen LogP contribution is -2.27. The van der Waals surface area contributed by atoms with Gasteiger partial charge in [0.2, 0.25) is 0 Å². The zero-order valence-electron chi connectivity index (χ0n) is 11.0. The molecule has 0 atom stereocenters. The van der Waals surface area contributed by atoms with Crippen LogP contribution in [0.2, 0.25) is 0 Å². The molecule has 17 heavy (non-hydrogen) atoms. The molecular weight excluding hydrogens is 214 g/mol. The molecule has 0 amide bonds. The van der Waals surface area contributed by atoms with Gasteiger partial charge in [0.1, 0.15) is 0 Å². The molecule has 1 aromatic carbocycles. The second kappa shape index (κ2) is 5.71. The highest BCUT2D eigenvalue weighted by Gasteiger charge is 2.11. The van der Waals surface area contributed by atoms with Crippen molar-refractivity contribution in [1.82, 2.24) is 0 Å². The van der Waals surface area contributed by atoms with Crippen molar-refractivity contribution in [2.75, 3.05) is 18.0 Å². The first-order valence-electron chi connectivity index (χ1n) is 6.04. The van der Waals surface area contributed by atoms with Gasteiger partial charge in [-0.25, -0.2) is 4.79 Å². The maximum Gasteiger partial charge on any atom is 0.335 e. The van der Waals surface area contributed by atoms with Crippen LogP contribution in [0.25, 0.3) is 0 Å². The van der Waals surface area contributed by atoms with Gasteiger partial charge < -0.3 is 10.0 Å². The molecule has 0 heterocycles. The largest absolute Gasteiger partial charge is 0.478 e. The molecule has 1 N–H and O–H groups in total. The zero-order valence-corrected chi connectivity index (χ0v) is 11.0. The Hall–Kier alpha value is -1.51. The van der Waals surface area contributed by atoms with Gasteiger partial charge in [0, 0.05) is 18.8 Å². The summed E-state index contributed by atoms with van der Waals surface area (Å²) in [6, 6.07) is 5.32. The van der Waals surface area contributed by atoms with Crippen molar-refractivity contribution in [3.8, 4) is 0 Å². The van der Waals surface area contributed by atoms with Crippen LogP contribution in [0.3, 0.4) is 0 Å². The summed E-state index contributed by atoms with van der Waals surface area (Å²) in [6.45, 7) is 10.4. The number of aromatic carboxylic acids is 1. The van der Waals surface area contributed by atoms with Crippen molar-refractivity contribution in [2.24, 2.45) is 5.92 Å². The topological polar surface area (TPSA) is 40.5 Å². The molecule has 1 aromatic rings. The fourth-order valence-corrected chi connectivity index (χ4v) is 1.98. The molecule has 0 aromatic heterocycles. The number of benzene rings is 1. The van der Waals surface area contributed by atoms with Crippen LogP contribution in [-0.4, -0.2) is 24.2 Å². The maximum atomic E-state index is 10.9. The van der Waals surface area contributed by atoms with E-state index in [-0.39, 0.29) is 0 Å². The summed E-state index contributed by atoms with van der Waals surface area (Å²) in [5, 5.41) is 8.93. The van der Waals surface area contributed by atoms with E-state index in [9.17, 15) is 4.79 Å². The zero-order chi connectivity index (χ0) is 13.0. The quantitative estimate of drug-likeness (QED) is 0.852. The third kappa shape index (κ3) is 3.48. The number of nitrogens with zero attached hydrogens (tertiary/aromatic N) is 1. The highest BCUT2D eigenvalue weighted by molar-refractivity contribution is 5.88. The lowest BCUT2D eigenvalue weighted by molar-refractivity contribution is 0.0697. The summed E-state index contributed by atoms with van der Waals surface area (Å²) in [4.78, 5) is 13.2. The molecule has 0 aliphatic heterocycles. The first-order valence-corrected chi connectivity index (χ1v) is 6.04. The van der Waals surface area contributed by atoms with Crippen LogP contribution in [0.15, 0.2) is 18.2 Å². The highest BCUT2D eigenvalue weighted by atomic mass is 16.4. The first-order chi connectivity index (χ1) is 7.95. The molecule has 0 aliphatic rings. The smallest absolute Gasteiger partial charge is 0.335 e. The molecule has 0 unspecified atom stereocenters. The molecule has 0 aliphatic carbocycles. The molecule has 0 saturated heterocycles. The summed E-state index contributed by atoms with van der Waals surface area (Å²) in [5.74, 6) is -0.278. The average molecular weight is 235 g/mol. The fourth-order valence-electron chi connectivity index (χ4n) is 1.98. The van der Waals surface area contributed by atoms with Gasteiger partial charge in [-0.05, 0) is 43.5 Å². The second-order valence-corrected chi connectivity index (χ2v) is 4.74. The predicted octanol–water partition coefficient (Wildman–Crippen LogP) is 3.18. The molecule has 0 saturated carbocycles. The van der Waals surface area contributed by atoms with Crippen LogP contribution in [0.4, 0.5) is 5.69 Å². The second-order valence-electron chi connectivity index (χ2n) is 4.74. The van der Waals surface area contributed by atoms with Crippen molar-refractivity contribution in [2.45, 2.75) is 27.7 Å². The Labute approximate surface area is 103 Å². The van der Waals surface area contributed by atoms with Gasteiger partial charge >= 0.3 is 5.97 Å². The number of carbonyl (C=O) groups is 1. The minimum Gasteiger partial charge on any atom is -0.478 e. The number of rotatable bonds is 5. The van der Waals surface area contributed by atoms with E-state index in [1.165, 1.54) is 0 Å². The summed E-state index contributed by atoms with van der Waals surface area (Å²) < 4.78 is 0. The number of hydrogen-bond donors (Lipinski definition) is 1.